The minimum Gasteiger partial charge on any atom is -0.348 e. The Morgan fingerprint density at radius 3 is 2.85 bits per heavy atom. The van der Waals surface area contributed by atoms with Gasteiger partial charge in [-0.15, -0.1) is 11.3 Å². The van der Waals surface area contributed by atoms with Gasteiger partial charge in [0.05, 0.1) is 18.5 Å². The normalized spacial score (nSPS) is 18.4. The Kier molecular flexibility index (Phi) is 6.29. The summed E-state index contributed by atoms with van der Waals surface area (Å²) < 4.78 is 0. The summed E-state index contributed by atoms with van der Waals surface area (Å²) in [6, 6.07) is 11.1. The van der Waals surface area contributed by atoms with Gasteiger partial charge in [0.15, 0.2) is 0 Å². The smallest absolute Gasteiger partial charge is 0.225 e. The molecule has 2 N–H and O–H groups in total. The van der Waals surface area contributed by atoms with Crippen LogP contribution >= 0.6 is 22.9 Å². The van der Waals surface area contributed by atoms with Crippen molar-refractivity contribution < 1.29 is 9.59 Å². The number of amides is 2. The zero-order valence-electron chi connectivity index (χ0n) is 14.6. The Hall–Kier alpha value is -1.89. The predicted octanol–water partition coefficient (Wildman–Crippen LogP) is 3.14. The maximum absolute atomic E-state index is 13.1. The van der Waals surface area contributed by atoms with E-state index in [1.165, 1.54) is 6.92 Å². The van der Waals surface area contributed by atoms with Crippen LogP contribution in [0, 0.1) is 0 Å². The van der Waals surface area contributed by atoms with Crippen LogP contribution in [0.25, 0.3) is 0 Å². The first-order valence-electron chi connectivity index (χ1n) is 8.61. The standard InChI is InChI=1S/C19H22ClN3O2S/c1-13(24)22-16(18-7-4-10-26-18)11-19(25)23-9-8-21-12-17(23)14-5-2-3-6-15(14)20/h2-7,10,16-17,21H,8-9,11-12H2,1H3,(H,22,24). The number of thiophene rings is 1. The zero-order valence-corrected chi connectivity index (χ0v) is 16.1. The van der Waals surface area contributed by atoms with Gasteiger partial charge in [-0.3, -0.25) is 9.59 Å². The lowest BCUT2D eigenvalue weighted by Gasteiger charge is -2.37. The van der Waals surface area contributed by atoms with Crippen LogP contribution in [-0.4, -0.2) is 36.3 Å². The molecule has 1 aromatic heterocycles. The molecule has 0 saturated carbocycles. The molecule has 1 fully saturated rings. The fraction of sp³-hybridized carbons (Fsp3) is 0.368. The second-order valence-corrected chi connectivity index (χ2v) is 7.69. The molecular weight excluding hydrogens is 370 g/mol. The molecule has 2 unspecified atom stereocenters. The number of benzene rings is 1. The van der Waals surface area contributed by atoms with E-state index in [4.69, 9.17) is 11.6 Å². The van der Waals surface area contributed by atoms with Crippen molar-refractivity contribution in [3.05, 3.63) is 57.2 Å². The van der Waals surface area contributed by atoms with Gasteiger partial charge in [-0.05, 0) is 23.1 Å². The molecule has 0 bridgehead atoms. The van der Waals surface area contributed by atoms with Crippen molar-refractivity contribution in [1.29, 1.82) is 0 Å². The van der Waals surface area contributed by atoms with E-state index in [9.17, 15) is 9.59 Å². The number of hydrogen-bond donors (Lipinski definition) is 2. The summed E-state index contributed by atoms with van der Waals surface area (Å²) >= 11 is 7.90. The van der Waals surface area contributed by atoms with Gasteiger partial charge in [-0.2, -0.15) is 0 Å². The molecule has 2 amide bonds. The minimum atomic E-state index is -0.304. The first kappa shape index (κ1) is 18.9. The van der Waals surface area contributed by atoms with Gasteiger partial charge in [0.2, 0.25) is 11.8 Å². The lowest BCUT2D eigenvalue weighted by molar-refractivity contribution is -0.135. The highest BCUT2D eigenvalue weighted by molar-refractivity contribution is 7.10. The summed E-state index contributed by atoms with van der Waals surface area (Å²) in [5.74, 6) is -0.122. The third kappa shape index (κ3) is 4.44. The monoisotopic (exact) mass is 391 g/mol. The van der Waals surface area contributed by atoms with Crippen molar-refractivity contribution in [2.45, 2.75) is 25.4 Å². The number of carbonyl (C=O) groups is 2. The number of nitrogens with zero attached hydrogens (tertiary/aromatic N) is 1. The van der Waals surface area contributed by atoms with Crippen molar-refractivity contribution in [3.8, 4) is 0 Å². The highest BCUT2D eigenvalue weighted by Gasteiger charge is 2.31. The average molecular weight is 392 g/mol. The molecule has 7 heteroatoms. The molecule has 1 aliphatic heterocycles. The quantitative estimate of drug-likeness (QED) is 0.823. The van der Waals surface area contributed by atoms with E-state index in [2.05, 4.69) is 10.6 Å². The van der Waals surface area contributed by atoms with Gasteiger partial charge in [0.25, 0.3) is 0 Å². The van der Waals surface area contributed by atoms with Gasteiger partial charge < -0.3 is 15.5 Å². The molecule has 1 saturated heterocycles. The van der Waals surface area contributed by atoms with Gasteiger partial charge in [-0.1, -0.05) is 35.9 Å². The van der Waals surface area contributed by atoms with Crippen molar-refractivity contribution in [2.24, 2.45) is 0 Å². The molecule has 138 valence electrons. The largest absolute Gasteiger partial charge is 0.348 e. The van der Waals surface area contributed by atoms with E-state index in [-0.39, 0.29) is 30.3 Å². The number of rotatable bonds is 5. The molecule has 0 spiro atoms. The second-order valence-electron chi connectivity index (χ2n) is 6.30. The van der Waals surface area contributed by atoms with Gasteiger partial charge >= 0.3 is 0 Å². The Balaban J connectivity index is 1.79. The molecule has 0 aliphatic carbocycles. The Labute approximate surface area is 162 Å². The second kappa shape index (κ2) is 8.66. The van der Waals surface area contributed by atoms with Crippen LogP contribution in [-0.2, 0) is 9.59 Å². The van der Waals surface area contributed by atoms with Gasteiger partial charge in [0.1, 0.15) is 0 Å². The maximum Gasteiger partial charge on any atom is 0.225 e. The van der Waals surface area contributed by atoms with Crippen LogP contribution in [0.5, 0.6) is 0 Å². The van der Waals surface area contributed by atoms with Crippen LogP contribution in [0.2, 0.25) is 5.02 Å². The van der Waals surface area contributed by atoms with E-state index in [0.29, 0.717) is 18.1 Å². The maximum atomic E-state index is 13.1. The molecule has 3 rings (SSSR count). The van der Waals surface area contributed by atoms with E-state index in [1.54, 1.807) is 11.3 Å². The summed E-state index contributed by atoms with van der Waals surface area (Å²) in [5.41, 5.74) is 0.946. The van der Waals surface area contributed by atoms with Crippen LogP contribution in [0.4, 0.5) is 0 Å². The first-order valence-corrected chi connectivity index (χ1v) is 9.87. The molecule has 1 aromatic carbocycles. The van der Waals surface area contributed by atoms with Crippen molar-refractivity contribution in [3.63, 3.8) is 0 Å². The van der Waals surface area contributed by atoms with E-state index in [1.807, 2.05) is 46.7 Å². The predicted molar refractivity (Wildman–Crippen MR) is 104 cm³/mol. The molecule has 26 heavy (non-hydrogen) atoms. The summed E-state index contributed by atoms with van der Waals surface area (Å²) in [6.45, 7) is 3.50. The molecule has 0 radical (unpaired) electrons. The van der Waals surface area contributed by atoms with Crippen molar-refractivity contribution in [1.82, 2.24) is 15.5 Å². The van der Waals surface area contributed by atoms with Crippen LogP contribution in [0.15, 0.2) is 41.8 Å². The minimum absolute atomic E-state index is 0.0172. The number of carbonyl (C=O) groups excluding carboxylic acids is 2. The van der Waals surface area contributed by atoms with Crippen molar-refractivity contribution in [2.75, 3.05) is 19.6 Å². The molecule has 1 aliphatic rings. The first-order chi connectivity index (χ1) is 12.6. The SMILES string of the molecule is CC(=O)NC(CC(=O)N1CCNCC1c1ccccc1Cl)c1cccs1. The molecular formula is C19H22ClN3O2S. The number of nitrogens with one attached hydrogen (secondary N) is 2. The van der Waals surface area contributed by atoms with Gasteiger partial charge in [0, 0.05) is 36.5 Å². The van der Waals surface area contributed by atoms with E-state index in [0.717, 1.165) is 17.0 Å². The van der Waals surface area contributed by atoms with E-state index < -0.39 is 0 Å². The summed E-state index contributed by atoms with van der Waals surface area (Å²) in [5, 5.41) is 8.85. The molecule has 2 aromatic rings. The third-order valence-electron chi connectivity index (χ3n) is 4.47. The van der Waals surface area contributed by atoms with E-state index >= 15 is 0 Å². The highest BCUT2D eigenvalue weighted by atomic mass is 35.5. The average Bonchev–Trinajstić information content (AvgIpc) is 3.16. The lowest BCUT2D eigenvalue weighted by Crippen LogP contribution is -2.49. The summed E-state index contributed by atoms with van der Waals surface area (Å²) in [7, 11) is 0. The number of hydrogen-bond acceptors (Lipinski definition) is 4. The Morgan fingerprint density at radius 1 is 1.35 bits per heavy atom. The lowest BCUT2D eigenvalue weighted by atomic mass is 10.0. The summed E-state index contributed by atoms with van der Waals surface area (Å²) in [6.07, 6.45) is 0.237. The number of halogens is 1. The van der Waals surface area contributed by atoms with Crippen LogP contribution in [0.3, 0.4) is 0 Å². The molecule has 5 nitrogen and oxygen atoms in total. The fourth-order valence-electron chi connectivity index (χ4n) is 3.28. The summed E-state index contributed by atoms with van der Waals surface area (Å²) in [4.78, 5) is 27.5. The van der Waals surface area contributed by atoms with Gasteiger partial charge in [-0.25, -0.2) is 0 Å². The van der Waals surface area contributed by atoms with Crippen molar-refractivity contribution >= 4 is 34.8 Å². The topological polar surface area (TPSA) is 61.4 Å². The van der Waals surface area contributed by atoms with Crippen LogP contribution < -0.4 is 10.6 Å². The zero-order chi connectivity index (χ0) is 18.5. The third-order valence-corrected chi connectivity index (χ3v) is 5.80. The number of piperazine rings is 1. The molecule has 2 heterocycles. The Morgan fingerprint density at radius 2 is 2.15 bits per heavy atom. The molecule has 2 atom stereocenters. The fourth-order valence-corrected chi connectivity index (χ4v) is 4.32. The highest BCUT2D eigenvalue weighted by Crippen LogP contribution is 2.30. The van der Waals surface area contributed by atoms with Crippen LogP contribution in [0.1, 0.15) is 35.9 Å². The Bertz CT molecular complexity index is 766.